The Balaban J connectivity index is 1.75. The molecule has 0 spiro atoms. The smallest absolute Gasteiger partial charge is 0.338 e. The van der Waals surface area contributed by atoms with Gasteiger partial charge in [0.1, 0.15) is 11.5 Å². The highest BCUT2D eigenvalue weighted by atomic mass is 19.1. The lowest BCUT2D eigenvalue weighted by molar-refractivity contribution is -0.146. The van der Waals surface area contributed by atoms with E-state index in [9.17, 15) is 14.0 Å². The van der Waals surface area contributed by atoms with Crippen molar-refractivity contribution in [1.82, 2.24) is 0 Å². The number of benzene rings is 3. The maximum Gasteiger partial charge on any atom is 0.338 e. The number of aryl methyl sites for hydroxylation is 1. The monoisotopic (exact) mass is 574 g/mol. The highest BCUT2D eigenvalue weighted by Crippen LogP contribution is 2.30. The fourth-order valence-corrected chi connectivity index (χ4v) is 3.46. The molecule has 218 valence electrons. The van der Waals surface area contributed by atoms with E-state index in [1.807, 2.05) is 48.5 Å². The van der Waals surface area contributed by atoms with Crippen LogP contribution in [-0.2, 0) is 25.5 Å². The molecule has 0 aliphatic carbocycles. The first-order chi connectivity index (χ1) is 20.3. The molecule has 0 fully saturated rings. The van der Waals surface area contributed by atoms with E-state index in [2.05, 4.69) is 25.0 Å². The van der Waals surface area contributed by atoms with Crippen LogP contribution in [0, 0.1) is 11.8 Å². The maximum absolute atomic E-state index is 12.4. The number of hydrogen-bond donors (Lipinski definition) is 2. The van der Waals surface area contributed by atoms with Crippen LogP contribution in [0.5, 0.6) is 11.5 Å². The second-order valence-electron chi connectivity index (χ2n) is 8.92. The Kier molecular flexibility index (Phi) is 12.3. The number of aliphatic hydroxyl groups excluding tert-OH is 2. The Morgan fingerprint density at radius 2 is 1.19 bits per heavy atom. The molecule has 0 bridgehead atoms. The summed E-state index contributed by atoms with van der Waals surface area (Å²) in [5.41, 5.74) is 3.96. The molecule has 0 aliphatic rings. The summed E-state index contributed by atoms with van der Waals surface area (Å²) in [4.78, 5) is 23.5. The summed E-state index contributed by atoms with van der Waals surface area (Å²) in [6.45, 7) is 4.49. The first-order valence-electron chi connectivity index (χ1n) is 12.9. The Bertz CT molecular complexity index is 1400. The minimum atomic E-state index is -0.800. The summed E-state index contributed by atoms with van der Waals surface area (Å²) in [6, 6.07) is 20.1. The van der Waals surface area contributed by atoms with Gasteiger partial charge in [-0.3, -0.25) is 4.39 Å². The van der Waals surface area contributed by atoms with Crippen molar-refractivity contribution < 1.29 is 43.1 Å². The number of aliphatic hydroxyl groups is 2. The molecule has 0 amide bonds. The highest BCUT2D eigenvalue weighted by molar-refractivity contribution is 5.88. The molecule has 9 heteroatoms. The van der Waals surface area contributed by atoms with Crippen molar-refractivity contribution in [2.45, 2.75) is 12.8 Å². The third-order valence-electron chi connectivity index (χ3n) is 5.79. The molecule has 3 rings (SSSR count). The average molecular weight is 575 g/mol. The lowest BCUT2D eigenvalue weighted by Crippen LogP contribution is -2.14. The van der Waals surface area contributed by atoms with E-state index in [-0.39, 0.29) is 29.3 Å². The van der Waals surface area contributed by atoms with Gasteiger partial charge in [-0.2, -0.15) is 0 Å². The largest absolute Gasteiger partial charge is 0.457 e. The number of rotatable bonds is 14. The van der Waals surface area contributed by atoms with Crippen LogP contribution in [0.25, 0.3) is 11.1 Å². The third-order valence-corrected chi connectivity index (χ3v) is 5.79. The van der Waals surface area contributed by atoms with Gasteiger partial charge in [0.2, 0.25) is 13.6 Å². The van der Waals surface area contributed by atoms with Crippen molar-refractivity contribution in [2.75, 3.05) is 33.5 Å². The summed E-state index contributed by atoms with van der Waals surface area (Å²) < 4.78 is 33.4. The molecule has 3 aromatic carbocycles. The molecule has 3 aromatic rings. The minimum absolute atomic E-state index is 0.114. The van der Waals surface area contributed by atoms with E-state index in [1.54, 1.807) is 12.1 Å². The van der Waals surface area contributed by atoms with Crippen molar-refractivity contribution in [3.63, 3.8) is 0 Å². The van der Waals surface area contributed by atoms with Gasteiger partial charge in [-0.05, 0) is 65.9 Å². The lowest BCUT2D eigenvalue weighted by Gasteiger charge is -2.13. The molecule has 2 N–H and O–H groups in total. The zero-order chi connectivity index (χ0) is 30.3. The molecule has 0 heterocycles. The van der Waals surface area contributed by atoms with Gasteiger partial charge in [-0.25, -0.2) is 9.59 Å². The van der Waals surface area contributed by atoms with Gasteiger partial charge < -0.3 is 29.2 Å². The number of alkyl halides is 1. The number of ether oxygens (including phenoxy) is 4. The van der Waals surface area contributed by atoms with Gasteiger partial charge >= 0.3 is 11.9 Å². The Morgan fingerprint density at radius 1 is 0.714 bits per heavy atom. The molecular formula is C33H31FO8. The van der Waals surface area contributed by atoms with Crippen LogP contribution in [0.15, 0.2) is 91.0 Å². The van der Waals surface area contributed by atoms with Crippen molar-refractivity contribution in [3.8, 4) is 34.5 Å². The third kappa shape index (κ3) is 9.93. The molecule has 8 nitrogen and oxygen atoms in total. The van der Waals surface area contributed by atoms with E-state index in [1.165, 1.54) is 6.07 Å². The minimum Gasteiger partial charge on any atom is -0.457 e. The molecule has 42 heavy (non-hydrogen) atoms. The Morgan fingerprint density at radius 3 is 1.64 bits per heavy atom. The Labute approximate surface area is 243 Å². The van der Waals surface area contributed by atoms with E-state index in [0.29, 0.717) is 18.4 Å². The maximum atomic E-state index is 12.4. The summed E-state index contributed by atoms with van der Waals surface area (Å²) >= 11 is 0. The van der Waals surface area contributed by atoms with Crippen molar-refractivity contribution in [3.05, 3.63) is 108 Å². The van der Waals surface area contributed by atoms with Crippen molar-refractivity contribution in [1.29, 1.82) is 0 Å². The molecular weight excluding hydrogens is 543 g/mol. The molecule has 0 saturated carbocycles. The van der Waals surface area contributed by atoms with Gasteiger partial charge in [0.25, 0.3) is 0 Å². The predicted molar refractivity (Wildman–Crippen MR) is 154 cm³/mol. The number of carbonyl (C=O) groups is 2. The number of esters is 2. The number of halogens is 1. The van der Waals surface area contributed by atoms with Gasteiger partial charge in [0, 0.05) is 17.2 Å². The number of hydrogen-bond acceptors (Lipinski definition) is 8. The second kappa shape index (κ2) is 16.4. The van der Waals surface area contributed by atoms with Crippen LogP contribution >= 0.6 is 0 Å². The van der Waals surface area contributed by atoms with Crippen LogP contribution < -0.4 is 9.47 Å². The topological polar surface area (TPSA) is 112 Å². The second-order valence-corrected chi connectivity index (χ2v) is 8.92. The quantitative estimate of drug-likeness (QED) is 0.125. The first kappa shape index (κ1) is 31.6. The highest BCUT2D eigenvalue weighted by Gasteiger charge is 2.11. The summed E-state index contributed by atoms with van der Waals surface area (Å²) in [6.07, 6.45) is 1.20. The fraction of sp³-hybridized carbons (Fsp3) is 0.212. The molecule has 0 saturated heterocycles. The SMILES string of the molecule is C=C(CO)C(=O)OCOc1cc(OCOC(=O)C(=C)CO)cc(-c2ccc(C#Cc3ccc(CCCF)cc3)cc2)c1. The number of carbonyl (C=O) groups excluding carboxylic acids is 2. The average Bonchev–Trinajstić information content (AvgIpc) is 3.02. The molecule has 0 aliphatic heterocycles. The van der Waals surface area contributed by atoms with Crippen LogP contribution in [0.4, 0.5) is 4.39 Å². The van der Waals surface area contributed by atoms with Gasteiger partial charge in [-0.1, -0.05) is 49.3 Å². The molecule has 0 atom stereocenters. The van der Waals surface area contributed by atoms with Crippen LogP contribution in [-0.4, -0.2) is 55.6 Å². The van der Waals surface area contributed by atoms with E-state index in [4.69, 9.17) is 29.2 Å². The predicted octanol–water partition coefficient (Wildman–Crippen LogP) is 4.51. The zero-order valence-corrected chi connectivity index (χ0v) is 22.9. The molecule has 0 unspecified atom stereocenters. The van der Waals surface area contributed by atoms with Crippen LogP contribution in [0.3, 0.4) is 0 Å². The zero-order valence-electron chi connectivity index (χ0n) is 22.9. The van der Waals surface area contributed by atoms with Crippen LogP contribution in [0.1, 0.15) is 23.1 Å². The summed E-state index contributed by atoms with van der Waals surface area (Å²) in [5, 5.41) is 18.0. The summed E-state index contributed by atoms with van der Waals surface area (Å²) in [7, 11) is 0. The van der Waals surface area contributed by atoms with Crippen molar-refractivity contribution in [2.24, 2.45) is 0 Å². The first-order valence-corrected chi connectivity index (χ1v) is 12.9. The fourth-order valence-electron chi connectivity index (χ4n) is 3.46. The summed E-state index contributed by atoms with van der Waals surface area (Å²) in [5.74, 6) is 5.22. The molecule has 0 aromatic heterocycles. The molecule has 0 radical (unpaired) electrons. The normalized spacial score (nSPS) is 10.2. The van der Waals surface area contributed by atoms with Crippen molar-refractivity contribution >= 4 is 11.9 Å². The van der Waals surface area contributed by atoms with Gasteiger partial charge in [0.15, 0.2) is 0 Å². The van der Waals surface area contributed by atoms with Crippen LogP contribution in [0.2, 0.25) is 0 Å². The van der Waals surface area contributed by atoms with E-state index < -0.39 is 38.7 Å². The standard InChI is InChI=1S/C33H31FO8/c1-23(19-35)32(37)41-21-39-30-16-29(17-31(18-30)40-22-42-33(38)24(2)20-36)28-13-11-27(12-14-28)10-9-26-7-5-25(6-8-26)4-3-15-34/h5-8,11-14,16-18,35-36H,1-4,15,19-22H2. The Hall–Kier alpha value is -4.91. The van der Waals surface area contributed by atoms with E-state index >= 15 is 0 Å². The van der Waals surface area contributed by atoms with Gasteiger partial charge in [0.05, 0.1) is 31.0 Å². The van der Waals surface area contributed by atoms with E-state index in [0.717, 1.165) is 22.3 Å². The lowest BCUT2D eigenvalue weighted by atomic mass is 10.0. The van der Waals surface area contributed by atoms with Gasteiger partial charge in [-0.15, -0.1) is 0 Å².